The molecule has 2 aromatic carbocycles. The number of hydrogen-bond donors (Lipinski definition) is 1. The zero-order valence-electron chi connectivity index (χ0n) is 15.3. The van der Waals surface area contributed by atoms with Crippen molar-refractivity contribution in [2.45, 2.75) is 19.4 Å². The summed E-state index contributed by atoms with van der Waals surface area (Å²) in [6, 6.07) is 16.0. The second-order valence-corrected chi connectivity index (χ2v) is 7.17. The van der Waals surface area contributed by atoms with Crippen molar-refractivity contribution in [2.24, 2.45) is 0 Å². The van der Waals surface area contributed by atoms with Gasteiger partial charge in [-0.15, -0.1) is 0 Å². The first kappa shape index (κ1) is 19.0. The second-order valence-electron chi connectivity index (χ2n) is 6.73. The van der Waals surface area contributed by atoms with Crippen LogP contribution >= 0.6 is 11.6 Å². The van der Waals surface area contributed by atoms with Gasteiger partial charge in [-0.25, -0.2) is 0 Å². The number of aliphatic hydroxyl groups excluding tert-OH is 1. The fourth-order valence-electron chi connectivity index (χ4n) is 3.23. The predicted molar refractivity (Wildman–Crippen MR) is 107 cm³/mol. The number of hydrogen-bond acceptors (Lipinski definition) is 4. The van der Waals surface area contributed by atoms with Crippen LogP contribution in [0.5, 0.6) is 5.75 Å². The third-order valence-corrected chi connectivity index (χ3v) is 5.02. The summed E-state index contributed by atoms with van der Waals surface area (Å²) in [5.74, 6) is 0.812. The van der Waals surface area contributed by atoms with E-state index < -0.39 is 6.10 Å². The van der Waals surface area contributed by atoms with Crippen molar-refractivity contribution in [3.8, 4) is 5.75 Å². The van der Waals surface area contributed by atoms with Gasteiger partial charge in [-0.3, -0.25) is 4.90 Å². The van der Waals surface area contributed by atoms with Crippen LogP contribution in [0.4, 0.5) is 5.69 Å². The Bertz CT molecular complexity index is 685. The molecule has 0 amide bonds. The summed E-state index contributed by atoms with van der Waals surface area (Å²) in [5, 5.41) is 11.1. The number of aryl methyl sites for hydroxylation is 1. The standard InChI is InChI=1S/C21H27ClN2O2/c1-2-17-6-8-21(9-7-17)26-16-20(25)15-23-10-12-24(13-11-23)19-5-3-4-18(22)14-19/h3-9,14,20,25H,2,10-13,15-16H2,1H3/t20-/m1/s1. The van der Waals surface area contributed by atoms with E-state index in [0.29, 0.717) is 13.2 Å². The van der Waals surface area contributed by atoms with E-state index in [2.05, 4.69) is 34.9 Å². The summed E-state index contributed by atoms with van der Waals surface area (Å²) >= 11 is 6.08. The van der Waals surface area contributed by atoms with Crippen LogP contribution in [0, 0.1) is 0 Å². The molecule has 2 aromatic rings. The monoisotopic (exact) mass is 374 g/mol. The van der Waals surface area contributed by atoms with Gasteiger partial charge in [0.05, 0.1) is 0 Å². The molecule has 4 nitrogen and oxygen atoms in total. The molecular formula is C21H27ClN2O2. The molecule has 0 radical (unpaired) electrons. The van der Waals surface area contributed by atoms with E-state index in [1.54, 1.807) is 0 Å². The molecule has 5 heteroatoms. The Morgan fingerprint density at radius 3 is 2.46 bits per heavy atom. The quantitative estimate of drug-likeness (QED) is 0.805. The smallest absolute Gasteiger partial charge is 0.119 e. The summed E-state index contributed by atoms with van der Waals surface area (Å²) in [7, 11) is 0. The lowest BCUT2D eigenvalue weighted by Gasteiger charge is -2.36. The first-order chi connectivity index (χ1) is 12.6. The van der Waals surface area contributed by atoms with E-state index in [0.717, 1.165) is 49.1 Å². The Kier molecular flexibility index (Phi) is 6.78. The van der Waals surface area contributed by atoms with Crippen molar-refractivity contribution < 1.29 is 9.84 Å². The average molecular weight is 375 g/mol. The first-order valence-corrected chi connectivity index (χ1v) is 9.64. The van der Waals surface area contributed by atoms with Crippen LogP contribution in [0.3, 0.4) is 0 Å². The molecule has 0 spiro atoms. The molecule has 26 heavy (non-hydrogen) atoms. The number of anilines is 1. The SMILES string of the molecule is CCc1ccc(OC[C@H](O)CN2CCN(c3cccc(Cl)c3)CC2)cc1. The van der Waals surface area contributed by atoms with Crippen molar-refractivity contribution in [1.82, 2.24) is 4.90 Å². The molecule has 1 heterocycles. The predicted octanol–water partition coefficient (Wildman–Crippen LogP) is 3.46. The topological polar surface area (TPSA) is 35.9 Å². The molecule has 1 fully saturated rings. The van der Waals surface area contributed by atoms with Crippen LogP contribution in [0.25, 0.3) is 0 Å². The Hall–Kier alpha value is -1.75. The van der Waals surface area contributed by atoms with E-state index in [4.69, 9.17) is 16.3 Å². The second kappa shape index (κ2) is 9.26. The molecule has 1 N–H and O–H groups in total. The molecule has 0 aliphatic carbocycles. The third-order valence-electron chi connectivity index (χ3n) is 4.79. The van der Waals surface area contributed by atoms with Gasteiger partial charge in [0.1, 0.15) is 18.5 Å². The molecule has 140 valence electrons. The van der Waals surface area contributed by atoms with E-state index in [1.165, 1.54) is 5.56 Å². The molecular weight excluding hydrogens is 348 g/mol. The van der Waals surface area contributed by atoms with Crippen molar-refractivity contribution in [3.63, 3.8) is 0 Å². The maximum absolute atomic E-state index is 10.3. The average Bonchev–Trinajstić information content (AvgIpc) is 2.67. The molecule has 1 saturated heterocycles. The third kappa shape index (κ3) is 5.37. The molecule has 0 aromatic heterocycles. The van der Waals surface area contributed by atoms with Gasteiger partial charge in [-0.1, -0.05) is 36.7 Å². The summed E-state index contributed by atoms with van der Waals surface area (Å²) in [4.78, 5) is 4.62. The van der Waals surface area contributed by atoms with Crippen LogP contribution in [-0.2, 0) is 6.42 Å². The molecule has 0 saturated carbocycles. The highest BCUT2D eigenvalue weighted by Crippen LogP contribution is 2.21. The number of halogens is 1. The molecule has 0 bridgehead atoms. The lowest BCUT2D eigenvalue weighted by atomic mass is 10.2. The van der Waals surface area contributed by atoms with Crippen molar-refractivity contribution in [2.75, 3.05) is 44.2 Å². The van der Waals surface area contributed by atoms with Crippen LogP contribution in [-0.4, -0.2) is 55.4 Å². The summed E-state index contributed by atoms with van der Waals surface area (Å²) in [6.07, 6.45) is 0.530. The van der Waals surface area contributed by atoms with Crippen molar-refractivity contribution >= 4 is 17.3 Å². The molecule has 1 aliphatic heterocycles. The molecule has 0 unspecified atom stereocenters. The Labute approximate surface area is 160 Å². The summed E-state index contributed by atoms with van der Waals surface area (Å²) < 4.78 is 5.71. The van der Waals surface area contributed by atoms with Gasteiger partial charge in [0.15, 0.2) is 0 Å². The van der Waals surface area contributed by atoms with E-state index in [-0.39, 0.29) is 0 Å². The highest BCUT2D eigenvalue weighted by atomic mass is 35.5. The molecule has 3 rings (SSSR count). The molecule has 1 atom stereocenters. The minimum atomic E-state index is -0.487. The number of β-amino-alcohol motifs (C(OH)–C–C–N with tert-alkyl or cyclic N) is 1. The fraction of sp³-hybridized carbons (Fsp3) is 0.429. The Morgan fingerprint density at radius 2 is 1.81 bits per heavy atom. The lowest BCUT2D eigenvalue weighted by Crippen LogP contribution is -2.49. The van der Waals surface area contributed by atoms with E-state index in [9.17, 15) is 5.11 Å². The van der Waals surface area contributed by atoms with Gasteiger partial charge in [0, 0.05) is 43.4 Å². The minimum absolute atomic E-state index is 0.319. The largest absolute Gasteiger partial charge is 0.491 e. The summed E-state index contributed by atoms with van der Waals surface area (Å²) in [5.41, 5.74) is 2.45. The van der Waals surface area contributed by atoms with Gasteiger partial charge in [-0.05, 0) is 42.3 Å². The maximum atomic E-state index is 10.3. The van der Waals surface area contributed by atoms with Gasteiger partial charge in [-0.2, -0.15) is 0 Å². The highest BCUT2D eigenvalue weighted by molar-refractivity contribution is 6.30. The zero-order chi connectivity index (χ0) is 18.4. The maximum Gasteiger partial charge on any atom is 0.119 e. The van der Waals surface area contributed by atoms with Crippen molar-refractivity contribution in [1.29, 1.82) is 0 Å². The lowest BCUT2D eigenvalue weighted by molar-refractivity contribution is 0.0663. The Morgan fingerprint density at radius 1 is 1.08 bits per heavy atom. The van der Waals surface area contributed by atoms with Crippen LogP contribution in [0.2, 0.25) is 5.02 Å². The van der Waals surface area contributed by atoms with Gasteiger partial charge in [0.25, 0.3) is 0 Å². The minimum Gasteiger partial charge on any atom is -0.491 e. The Balaban J connectivity index is 1.40. The first-order valence-electron chi connectivity index (χ1n) is 9.26. The van der Waals surface area contributed by atoms with E-state index >= 15 is 0 Å². The normalized spacial score (nSPS) is 16.5. The number of rotatable bonds is 7. The van der Waals surface area contributed by atoms with E-state index in [1.807, 2.05) is 30.3 Å². The zero-order valence-corrected chi connectivity index (χ0v) is 16.0. The summed E-state index contributed by atoms with van der Waals surface area (Å²) in [6.45, 7) is 6.81. The van der Waals surface area contributed by atoms with Crippen LogP contribution in [0.15, 0.2) is 48.5 Å². The van der Waals surface area contributed by atoms with Crippen LogP contribution in [0.1, 0.15) is 12.5 Å². The number of nitrogens with zero attached hydrogens (tertiary/aromatic N) is 2. The number of piperazine rings is 1. The van der Waals surface area contributed by atoms with Gasteiger partial charge in [0.2, 0.25) is 0 Å². The fourth-order valence-corrected chi connectivity index (χ4v) is 3.41. The van der Waals surface area contributed by atoms with Gasteiger partial charge < -0.3 is 14.7 Å². The van der Waals surface area contributed by atoms with Gasteiger partial charge >= 0.3 is 0 Å². The number of benzene rings is 2. The number of aliphatic hydroxyl groups is 1. The van der Waals surface area contributed by atoms with Crippen molar-refractivity contribution in [3.05, 3.63) is 59.1 Å². The van der Waals surface area contributed by atoms with Crippen LogP contribution < -0.4 is 9.64 Å². The highest BCUT2D eigenvalue weighted by Gasteiger charge is 2.20. The molecule has 1 aliphatic rings. The number of ether oxygens (including phenoxy) is 1.